The molecule has 2 N–H and O–H groups in total. The van der Waals surface area contributed by atoms with Crippen LogP contribution in [-0.2, 0) is 4.74 Å². The molecule has 1 unspecified atom stereocenters. The minimum atomic E-state index is -1.34. The van der Waals surface area contributed by atoms with E-state index < -0.39 is 24.6 Å². The first-order valence-corrected chi connectivity index (χ1v) is 8.19. The SMILES string of the molecule is [B][C@@H]1OC(CCP(=C)(C)C)[C@@H](O)[C@]1(C)O. The second-order valence-corrected chi connectivity index (χ2v) is 9.53. The monoisotopic (exact) mass is 230 g/mol. The number of rotatable bonds is 3. The van der Waals surface area contributed by atoms with E-state index in [4.69, 9.17) is 12.6 Å². The lowest BCUT2D eigenvalue weighted by Gasteiger charge is -2.25. The third-order valence-electron chi connectivity index (χ3n) is 2.87. The average molecular weight is 230 g/mol. The summed E-state index contributed by atoms with van der Waals surface area (Å²) in [5.74, 6) is 0. The smallest absolute Gasteiger partial charge is 0.113 e. The molecule has 15 heavy (non-hydrogen) atoms. The molecule has 0 aromatic heterocycles. The number of ether oxygens (including phenoxy) is 1. The summed E-state index contributed by atoms with van der Waals surface area (Å²) in [5, 5.41) is 19.6. The van der Waals surface area contributed by atoms with Crippen LogP contribution in [0.2, 0.25) is 0 Å². The second-order valence-electron chi connectivity index (χ2n) is 5.21. The molecule has 1 fully saturated rings. The topological polar surface area (TPSA) is 49.7 Å². The summed E-state index contributed by atoms with van der Waals surface area (Å²) < 4.78 is 5.35. The lowest BCUT2D eigenvalue weighted by atomic mass is 9.82. The molecular formula is C10H20BO3P. The molecule has 0 amide bonds. The van der Waals surface area contributed by atoms with Gasteiger partial charge < -0.3 is 14.9 Å². The van der Waals surface area contributed by atoms with Gasteiger partial charge in [-0.05, 0) is 32.8 Å². The van der Waals surface area contributed by atoms with Gasteiger partial charge in [0.15, 0.2) is 0 Å². The van der Waals surface area contributed by atoms with Crippen molar-refractivity contribution in [3.05, 3.63) is 0 Å². The maximum atomic E-state index is 9.82. The predicted molar refractivity (Wildman–Crippen MR) is 66.4 cm³/mol. The van der Waals surface area contributed by atoms with E-state index in [-0.39, 0.29) is 6.10 Å². The number of hydrogen-bond donors (Lipinski definition) is 2. The molecule has 3 nitrogen and oxygen atoms in total. The molecule has 1 rings (SSSR count). The van der Waals surface area contributed by atoms with Crippen LogP contribution in [-0.4, -0.2) is 67.7 Å². The van der Waals surface area contributed by atoms with E-state index >= 15 is 0 Å². The Hall–Kier alpha value is 0.245. The Morgan fingerprint density at radius 3 is 2.40 bits per heavy atom. The van der Waals surface area contributed by atoms with Crippen molar-refractivity contribution in [3.63, 3.8) is 0 Å². The van der Waals surface area contributed by atoms with Gasteiger partial charge in [0.2, 0.25) is 0 Å². The molecule has 5 heteroatoms. The van der Waals surface area contributed by atoms with E-state index in [1.165, 1.54) is 6.92 Å². The van der Waals surface area contributed by atoms with E-state index in [0.29, 0.717) is 6.42 Å². The third kappa shape index (κ3) is 3.10. The summed E-state index contributed by atoms with van der Waals surface area (Å²) >= 11 is 0. The molecule has 1 aliphatic heterocycles. The van der Waals surface area contributed by atoms with Crippen molar-refractivity contribution in [2.75, 3.05) is 19.5 Å². The Balaban J connectivity index is 2.57. The summed E-state index contributed by atoms with van der Waals surface area (Å²) in [5.41, 5.74) is -1.34. The number of aliphatic hydroxyl groups is 2. The Morgan fingerprint density at radius 1 is 1.53 bits per heavy atom. The van der Waals surface area contributed by atoms with Crippen LogP contribution in [0.15, 0.2) is 0 Å². The Labute approximate surface area is 93.2 Å². The van der Waals surface area contributed by atoms with E-state index in [9.17, 15) is 10.2 Å². The standard InChI is InChI=1S/C10H20BO3P/c1-10(13)8(12)7(14-9(10)11)5-6-15(2,3)4/h7-9,12-13H,2,5-6H2,1,3-4H3/t7?,8-,9-,10+/m1/s1. The summed E-state index contributed by atoms with van der Waals surface area (Å²) in [6.07, 6.45) is 4.46. The molecule has 1 saturated heterocycles. The third-order valence-corrected chi connectivity index (χ3v) is 4.34. The van der Waals surface area contributed by atoms with Crippen molar-refractivity contribution in [2.24, 2.45) is 0 Å². The van der Waals surface area contributed by atoms with Crippen LogP contribution in [0.5, 0.6) is 0 Å². The molecule has 2 radical (unpaired) electrons. The summed E-state index contributed by atoms with van der Waals surface area (Å²) in [4.78, 5) is 0. The molecule has 0 aromatic carbocycles. The zero-order valence-electron chi connectivity index (χ0n) is 9.68. The molecule has 0 saturated carbocycles. The van der Waals surface area contributed by atoms with Crippen molar-refractivity contribution in [1.29, 1.82) is 0 Å². The summed E-state index contributed by atoms with van der Waals surface area (Å²) in [7, 11) is 5.59. The van der Waals surface area contributed by atoms with Crippen LogP contribution in [0.1, 0.15) is 13.3 Å². The molecule has 0 aromatic rings. The quantitative estimate of drug-likeness (QED) is 0.533. The van der Waals surface area contributed by atoms with Crippen molar-refractivity contribution in [3.8, 4) is 0 Å². The Kier molecular flexibility index (Phi) is 3.77. The van der Waals surface area contributed by atoms with Gasteiger partial charge in [-0.3, -0.25) is 0 Å². The zero-order valence-corrected chi connectivity index (χ0v) is 10.6. The second kappa shape index (κ2) is 4.25. The van der Waals surface area contributed by atoms with E-state index in [1.807, 2.05) is 0 Å². The summed E-state index contributed by atoms with van der Waals surface area (Å²) in [6, 6.07) is -0.802. The summed E-state index contributed by atoms with van der Waals surface area (Å²) in [6.45, 7) is 4.65. The normalized spacial score (nSPS) is 42.1. The molecular weight excluding hydrogens is 210 g/mol. The van der Waals surface area contributed by atoms with E-state index in [1.54, 1.807) is 0 Å². The van der Waals surface area contributed by atoms with E-state index in [0.717, 1.165) is 6.16 Å². The molecule has 0 spiro atoms. The number of aliphatic hydroxyl groups excluding tert-OH is 1. The van der Waals surface area contributed by atoms with Crippen LogP contribution >= 0.6 is 6.89 Å². The first-order chi connectivity index (χ1) is 6.64. The van der Waals surface area contributed by atoms with Crippen LogP contribution in [0, 0.1) is 0 Å². The Bertz CT molecular complexity index is 274. The van der Waals surface area contributed by atoms with Crippen molar-refractivity contribution in [2.45, 2.75) is 37.2 Å². The number of hydrogen-bond acceptors (Lipinski definition) is 3. The maximum absolute atomic E-state index is 9.82. The maximum Gasteiger partial charge on any atom is 0.113 e. The van der Waals surface area contributed by atoms with Crippen LogP contribution in [0.3, 0.4) is 0 Å². The van der Waals surface area contributed by atoms with Gasteiger partial charge >= 0.3 is 0 Å². The molecule has 0 bridgehead atoms. The van der Waals surface area contributed by atoms with Gasteiger partial charge in [-0.15, -0.1) is 13.2 Å². The average Bonchev–Trinajstić information content (AvgIpc) is 2.25. The fourth-order valence-corrected chi connectivity index (χ4v) is 2.60. The molecule has 4 atom stereocenters. The lowest BCUT2D eigenvalue weighted by molar-refractivity contribution is -0.0425. The lowest BCUT2D eigenvalue weighted by Crippen LogP contribution is -2.45. The predicted octanol–water partition coefficient (Wildman–Crippen LogP) is 0.0910. The molecule has 1 heterocycles. The first-order valence-electron chi connectivity index (χ1n) is 5.13. The molecule has 1 aliphatic rings. The van der Waals surface area contributed by atoms with Crippen molar-refractivity contribution >= 4 is 21.0 Å². The highest BCUT2D eigenvalue weighted by molar-refractivity contribution is 7.72. The largest absolute Gasteiger partial charge is 0.387 e. The van der Waals surface area contributed by atoms with E-state index in [2.05, 4.69) is 19.6 Å². The van der Waals surface area contributed by atoms with Gasteiger partial charge in [0.25, 0.3) is 0 Å². The minimum Gasteiger partial charge on any atom is -0.387 e. The van der Waals surface area contributed by atoms with Gasteiger partial charge in [0.05, 0.1) is 6.10 Å². The fraction of sp³-hybridized carbons (Fsp3) is 0.900. The van der Waals surface area contributed by atoms with Crippen LogP contribution < -0.4 is 0 Å². The van der Waals surface area contributed by atoms with Crippen LogP contribution in [0.4, 0.5) is 0 Å². The van der Waals surface area contributed by atoms with Crippen LogP contribution in [0.25, 0.3) is 0 Å². The van der Waals surface area contributed by atoms with Gasteiger partial charge in [0, 0.05) is 6.00 Å². The Morgan fingerprint density at radius 2 is 2.07 bits per heavy atom. The fourth-order valence-electron chi connectivity index (χ4n) is 1.65. The van der Waals surface area contributed by atoms with Crippen molar-refractivity contribution in [1.82, 2.24) is 0 Å². The highest BCUT2D eigenvalue weighted by atomic mass is 31.2. The van der Waals surface area contributed by atoms with Gasteiger partial charge in [-0.1, -0.05) is 0 Å². The van der Waals surface area contributed by atoms with Crippen molar-refractivity contribution < 1.29 is 14.9 Å². The zero-order chi connectivity index (χ0) is 11.9. The molecule has 86 valence electrons. The van der Waals surface area contributed by atoms with Gasteiger partial charge in [0.1, 0.15) is 19.6 Å². The first kappa shape index (κ1) is 13.3. The minimum absolute atomic E-state index is 0.365. The highest BCUT2D eigenvalue weighted by Gasteiger charge is 2.48. The van der Waals surface area contributed by atoms with Gasteiger partial charge in [-0.25, -0.2) is 0 Å². The van der Waals surface area contributed by atoms with Gasteiger partial charge in [-0.2, -0.15) is 0 Å². The molecule has 0 aliphatic carbocycles. The highest BCUT2D eigenvalue weighted by Crippen LogP contribution is 2.39.